The molecule has 2 atom stereocenters. The number of urea groups is 1. The van der Waals surface area contributed by atoms with E-state index in [0.29, 0.717) is 12.3 Å². The smallest absolute Gasteiger partial charge is 0.326 e. The fraction of sp³-hybridized carbons (Fsp3) is 0.867. The van der Waals surface area contributed by atoms with E-state index in [0.717, 1.165) is 19.3 Å². The molecule has 3 N–H and O–H groups in total. The number of carboxylic acid groups (broad SMARTS) is 1. The lowest BCUT2D eigenvalue weighted by Crippen LogP contribution is -2.48. The molecule has 0 spiro atoms. The zero-order valence-electron chi connectivity index (χ0n) is 13.4. The lowest BCUT2D eigenvalue weighted by atomic mass is 10.0. The zero-order chi connectivity index (χ0) is 15.7. The Labute approximate surface area is 122 Å². The summed E-state index contributed by atoms with van der Waals surface area (Å²) in [6.45, 7) is 10.2. The van der Waals surface area contributed by atoms with Crippen LogP contribution in [0.2, 0.25) is 0 Å². The Kier molecular flexibility index (Phi) is 9.01. The van der Waals surface area contributed by atoms with Crippen LogP contribution in [0.15, 0.2) is 0 Å². The second-order valence-electron chi connectivity index (χ2n) is 6.36. The van der Waals surface area contributed by atoms with Crippen molar-refractivity contribution in [3.8, 4) is 0 Å². The van der Waals surface area contributed by atoms with Gasteiger partial charge in [-0.3, -0.25) is 0 Å². The molecule has 0 rings (SSSR count). The predicted molar refractivity (Wildman–Crippen MR) is 80.7 cm³/mol. The number of carbonyl (C=O) groups excluding carboxylic acids is 1. The lowest BCUT2D eigenvalue weighted by molar-refractivity contribution is -0.139. The van der Waals surface area contributed by atoms with Crippen molar-refractivity contribution >= 4 is 12.0 Å². The molecule has 0 aromatic heterocycles. The third-order valence-electron chi connectivity index (χ3n) is 3.11. The van der Waals surface area contributed by atoms with Crippen molar-refractivity contribution in [3.63, 3.8) is 0 Å². The average Bonchev–Trinajstić information content (AvgIpc) is 2.26. The number of nitrogens with one attached hydrogen (secondary N) is 2. The van der Waals surface area contributed by atoms with Crippen LogP contribution in [-0.2, 0) is 4.79 Å². The molecule has 2 amide bonds. The third kappa shape index (κ3) is 9.64. The maximum Gasteiger partial charge on any atom is 0.326 e. The van der Waals surface area contributed by atoms with Crippen LogP contribution in [0, 0.1) is 11.8 Å². The highest BCUT2D eigenvalue weighted by Crippen LogP contribution is 2.08. The third-order valence-corrected chi connectivity index (χ3v) is 3.11. The Morgan fingerprint density at radius 1 is 0.950 bits per heavy atom. The summed E-state index contributed by atoms with van der Waals surface area (Å²) in [7, 11) is 0. The van der Waals surface area contributed by atoms with E-state index in [9.17, 15) is 9.59 Å². The van der Waals surface area contributed by atoms with Gasteiger partial charge in [0.2, 0.25) is 0 Å². The van der Waals surface area contributed by atoms with Gasteiger partial charge in [0.15, 0.2) is 0 Å². The number of hydrogen-bond donors (Lipinski definition) is 3. The van der Waals surface area contributed by atoms with Gasteiger partial charge in [0.25, 0.3) is 0 Å². The standard InChI is InChI=1S/C15H30N2O3/c1-10(2)7-6-8-12(5)16-15(20)17-13(14(18)19)9-11(3)4/h10-13H,6-9H2,1-5H3,(H,18,19)(H2,16,17,20). The second-order valence-corrected chi connectivity index (χ2v) is 6.36. The van der Waals surface area contributed by atoms with E-state index in [1.165, 1.54) is 0 Å². The van der Waals surface area contributed by atoms with Gasteiger partial charge in [0.1, 0.15) is 6.04 Å². The average molecular weight is 286 g/mol. The first-order chi connectivity index (χ1) is 9.22. The summed E-state index contributed by atoms with van der Waals surface area (Å²) in [5, 5.41) is 14.4. The quantitative estimate of drug-likeness (QED) is 0.609. The monoisotopic (exact) mass is 286 g/mol. The Morgan fingerprint density at radius 3 is 2.00 bits per heavy atom. The number of hydrogen-bond acceptors (Lipinski definition) is 2. The van der Waals surface area contributed by atoms with Gasteiger partial charge in [-0.25, -0.2) is 9.59 Å². The van der Waals surface area contributed by atoms with Crippen LogP contribution in [0.3, 0.4) is 0 Å². The van der Waals surface area contributed by atoms with Crippen molar-refractivity contribution in [3.05, 3.63) is 0 Å². The molecule has 0 saturated carbocycles. The molecule has 2 unspecified atom stereocenters. The van der Waals surface area contributed by atoms with Crippen molar-refractivity contribution in [1.82, 2.24) is 10.6 Å². The first-order valence-electron chi connectivity index (χ1n) is 7.52. The van der Waals surface area contributed by atoms with E-state index in [4.69, 9.17) is 5.11 Å². The van der Waals surface area contributed by atoms with E-state index < -0.39 is 18.0 Å². The molecule has 0 bridgehead atoms. The molecular weight excluding hydrogens is 256 g/mol. The summed E-state index contributed by atoms with van der Waals surface area (Å²) < 4.78 is 0. The summed E-state index contributed by atoms with van der Waals surface area (Å²) in [5.74, 6) is -0.0976. The van der Waals surface area contributed by atoms with Gasteiger partial charge in [-0.1, -0.05) is 40.5 Å². The van der Waals surface area contributed by atoms with Crippen molar-refractivity contribution in [2.75, 3.05) is 0 Å². The first-order valence-corrected chi connectivity index (χ1v) is 7.52. The van der Waals surface area contributed by atoms with Gasteiger partial charge in [0, 0.05) is 6.04 Å². The van der Waals surface area contributed by atoms with Gasteiger partial charge < -0.3 is 15.7 Å². The second kappa shape index (κ2) is 9.61. The van der Waals surface area contributed by atoms with E-state index in [1.54, 1.807) is 0 Å². The first kappa shape index (κ1) is 18.7. The van der Waals surface area contributed by atoms with Crippen LogP contribution in [0.1, 0.15) is 60.3 Å². The Morgan fingerprint density at radius 2 is 1.55 bits per heavy atom. The van der Waals surface area contributed by atoms with E-state index >= 15 is 0 Å². The van der Waals surface area contributed by atoms with Gasteiger partial charge in [-0.15, -0.1) is 0 Å². The van der Waals surface area contributed by atoms with Crippen LogP contribution in [0.25, 0.3) is 0 Å². The van der Waals surface area contributed by atoms with Crippen molar-refractivity contribution < 1.29 is 14.7 Å². The minimum absolute atomic E-state index is 0.0576. The van der Waals surface area contributed by atoms with Crippen LogP contribution < -0.4 is 10.6 Å². The molecule has 5 nitrogen and oxygen atoms in total. The van der Waals surface area contributed by atoms with Gasteiger partial charge in [-0.05, 0) is 31.6 Å². The fourth-order valence-corrected chi connectivity index (χ4v) is 2.02. The number of rotatable bonds is 9. The van der Waals surface area contributed by atoms with Gasteiger partial charge >= 0.3 is 12.0 Å². The number of aliphatic carboxylic acids is 1. The van der Waals surface area contributed by atoms with Gasteiger partial charge in [0.05, 0.1) is 0 Å². The highest BCUT2D eigenvalue weighted by atomic mass is 16.4. The Balaban J connectivity index is 4.08. The summed E-state index contributed by atoms with van der Waals surface area (Å²) in [4.78, 5) is 22.8. The molecule has 0 aromatic carbocycles. The summed E-state index contributed by atoms with van der Waals surface area (Å²) in [5.41, 5.74) is 0. The largest absolute Gasteiger partial charge is 0.480 e. The Hall–Kier alpha value is -1.26. The molecule has 0 fully saturated rings. The molecule has 0 heterocycles. The molecule has 0 aliphatic rings. The van der Waals surface area contributed by atoms with Crippen molar-refractivity contribution in [2.45, 2.75) is 72.4 Å². The number of carbonyl (C=O) groups is 2. The highest BCUT2D eigenvalue weighted by Gasteiger charge is 2.21. The molecular formula is C15H30N2O3. The topological polar surface area (TPSA) is 78.4 Å². The molecule has 0 saturated heterocycles. The van der Waals surface area contributed by atoms with Crippen LogP contribution in [0.5, 0.6) is 0 Å². The number of carboxylic acids is 1. The molecule has 0 aliphatic carbocycles. The normalized spacial score (nSPS) is 14.2. The van der Waals surface area contributed by atoms with E-state index in [2.05, 4.69) is 24.5 Å². The van der Waals surface area contributed by atoms with Crippen LogP contribution in [0.4, 0.5) is 4.79 Å². The van der Waals surface area contributed by atoms with Crippen molar-refractivity contribution in [2.24, 2.45) is 11.8 Å². The van der Waals surface area contributed by atoms with E-state index in [1.807, 2.05) is 20.8 Å². The van der Waals surface area contributed by atoms with E-state index in [-0.39, 0.29) is 12.0 Å². The Bertz CT molecular complexity index is 303. The summed E-state index contributed by atoms with van der Waals surface area (Å²) >= 11 is 0. The maximum atomic E-state index is 11.8. The lowest BCUT2D eigenvalue weighted by Gasteiger charge is -2.19. The molecule has 0 aromatic rings. The molecule has 0 radical (unpaired) electrons. The molecule has 0 aliphatic heterocycles. The van der Waals surface area contributed by atoms with Crippen LogP contribution >= 0.6 is 0 Å². The van der Waals surface area contributed by atoms with Crippen molar-refractivity contribution in [1.29, 1.82) is 0 Å². The van der Waals surface area contributed by atoms with Crippen LogP contribution in [-0.4, -0.2) is 29.2 Å². The maximum absolute atomic E-state index is 11.8. The molecule has 5 heteroatoms. The fourth-order valence-electron chi connectivity index (χ4n) is 2.02. The minimum Gasteiger partial charge on any atom is -0.480 e. The number of amides is 2. The predicted octanol–water partition coefficient (Wildman–Crippen LogP) is 3.00. The van der Waals surface area contributed by atoms with Gasteiger partial charge in [-0.2, -0.15) is 0 Å². The molecule has 20 heavy (non-hydrogen) atoms. The SMILES string of the molecule is CC(C)CCCC(C)NC(=O)NC(CC(C)C)C(=O)O. The zero-order valence-corrected chi connectivity index (χ0v) is 13.4. The minimum atomic E-state index is -0.985. The summed E-state index contributed by atoms with van der Waals surface area (Å²) in [6, 6.07) is -1.16. The highest BCUT2D eigenvalue weighted by molar-refractivity contribution is 5.82. The molecule has 118 valence electrons. The summed E-state index contributed by atoms with van der Waals surface area (Å²) in [6.07, 6.45) is 3.55.